The molecule has 98 valence electrons. The molecule has 0 heterocycles. The average molecular weight is 260 g/mol. The molecule has 0 aliphatic carbocycles. The van der Waals surface area contributed by atoms with E-state index in [1.165, 1.54) is 0 Å². The molecule has 6 heteroatoms. The highest BCUT2D eigenvalue weighted by Gasteiger charge is 2.49. The summed E-state index contributed by atoms with van der Waals surface area (Å²) in [7, 11) is -5.00. The summed E-state index contributed by atoms with van der Waals surface area (Å²) in [6.45, 7) is 5.33. The highest BCUT2D eigenvalue weighted by Crippen LogP contribution is 2.37. The third-order valence-corrected chi connectivity index (χ3v) is 4.83. The van der Waals surface area contributed by atoms with Gasteiger partial charge in [-0.25, -0.2) is 8.42 Å². The van der Waals surface area contributed by atoms with Gasteiger partial charge < -0.3 is 0 Å². The van der Waals surface area contributed by atoms with Crippen molar-refractivity contribution in [1.29, 1.82) is 0 Å². The van der Waals surface area contributed by atoms with Gasteiger partial charge >= 0.3 is 5.51 Å². The molecule has 0 unspecified atom stereocenters. The first kappa shape index (κ1) is 15.7. The van der Waals surface area contributed by atoms with Crippen LogP contribution in [0.25, 0.3) is 0 Å². The lowest BCUT2D eigenvalue weighted by Crippen LogP contribution is -2.36. The predicted octanol–water partition coefficient (Wildman–Crippen LogP) is 3.53. The topological polar surface area (TPSA) is 34.1 Å². The monoisotopic (exact) mass is 260 g/mol. The van der Waals surface area contributed by atoms with Crippen LogP contribution in [0.15, 0.2) is 0 Å². The SMILES string of the molecule is CCCC(CC)(CC)CS(=O)(=O)C(F)(F)F. The molecule has 16 heavy (non-hydrogen) atoms. The number of hydrogen-bond acceptors (Lipinski definition) is 2. The van der Waals surface area contributed by atoms with E-state index in [-0.39, 0.29) is 0 Å². The van der Waals surface area contributed by atoms with Crippen LogP contribution in [0.1, 0.15) is 46.5 Å². The van der Waals surface area contributed by atoms with E-state index in [0.29, 0.717) is 25.7 Å². The number of alkyl halides is 3. The van der Waals surface area contributed by atoms with Crippen LogP contribution in [0.4, 0.5) is 13.2 Å². The molecule has 0 bridgehead atoms. The van der Waals surface area contributed by atoms with Crippen molar-refractivity contribution in [1.82, 2.24) is 0 Å². The summed E-state index contributed by atoms with van der Waals surface area (Å²) in [5.41, 5.74) is -5.86. The third kappa shape index (κ3) is 3.64. The summed E-state index contributed by atoms with van der Waals surface area (Å²) in [6, 6.07) is 0. The van der Waals surface area contributed by atoms with Crippen LogP contribution in [0, 0.1) is 5.41 Å². The number of hydrogen-bond donors (Lipinski definition) is 0. The summed E-state index contributed by atoms with van der Waals surface area (Å²) in [5, 5.41) is 0. The second kappa shape index (κ2) is 5.38. The van der Waals surface area contributed by atoms with Gasteiger partial charge in [0.05, 0.1) is 5.75 Å². The van der Waals surface area contributed by atoms with Crippen molar-refractivity contribution in [3.05, 3.63) is 0 Å². The van der Waals surface area contributed by atoms with Gasteiger partial charge in [-0.3, -0.25) is 0 Å². The van der Waals surface area contributed by atoms with Crippen LogP contribution in [-0.4, -0.2) is 19.7 Å². The molecule has 0 fully saturated rings. The van der Waals surface area contributed by atoms with Crippen molar-refractivity contribution in [3.63, 3.8) is 0 Å². The third-order valence-electron chi connectivity index (χ3n) is 3.13. The van der Waals surface area contributed by atoms with E-state index in [2.05, 4.69) is 0 Å². The number of halogens is 3. The van der Waals surface area contributed by atoms with Gasteiger partial charge in [0.15, 0.2) is 0 Å². The molecule has 0 aromatic carbocycles. The zero-order valence-corrected chi connectivity index (χ0v) is 10.7. The summed E-state index contributed by atoms with van der Waals surface area (Å²) >= 11 is 0. The van der Waals surface area contributed by atoms with E-state index in [9.17, 15) is 21.6 Å². The maximum absolute atomic E-state index is 12.3. The van der Waals surface area contributed by atoms with E-state index in [1.54, 1.807) is 13.8 Å². The Morgan fingerprint density at radius 3 is 1.69 bits per heavy atom. The molecule has 0 rings (SSSR count). The quantitative estimate of drug-likeness (QED) is 0.732. The Balaban J connectivity index is 5.04. The first-order valence-corrected chi connectivity index (χ1v) is 7.08. The molecule has 0 amide bonds. The van der Waals surface area contributed by atoms with Crippen LogP contribution < -0.4 is 0 Å². The lowest BCUT2D eigenvalue weighted by atomic mass is 9.80. The van der Waals surface area contributed by atoms with Gasteiger partial charge in [-0.2, -0.15) is 13.2 Å². The molecule has 0 aromatic rings. The van der Waals surface area contributed by atoms with Gasteiger partial charge in [0.1, 0.15) is 0 Å². The van der Waals surface area contributed by atoms with Crippen molar-refractivity contribution in [2.75, 3.05) is 5.75 Å². The van der Waals surface area contributed by atoms with Crippen LogP contribution in [0.5, 0.6) is 0 Å². The molecule has 0 aromatic heterocycles. The minimum absolute atomic E-state index is 0.451. The van der Waals surface area contributed by atoms with Crippen LogP contribution >= 0.6 is 0 Å². The largest absolute Gasteiger partial charge is 0.497 e. The molecule has 0 radical (unpaired) electrons. The van der Waals surface area contributed by atoms with Gasteiger partial charge in [0.25, 0.3) is 0 Å². The minimum Gasteiger partial charge on any atom is -0.220 e. The van der Waals surface area contributed by atoms with Crippen molar-refractivity contribution >= 4 is 9.84 Å². The van der Waals surface area contributed by atoms with Crippen LogP contribution in [-0.2, 0) is 9.84 Å². The predicted molar refractivity (Wildman–Crippen MR) is 57.8 cm³/mol. The molecule has 0 N–H and O–H groups in total. The first-order valence-electron chi connectivity index (χ1n) is 5.43. The van der Waals surface area contributed by atoms with E-state index >= 15 is 0 Å². The lowest BCUT2D eigenvalue weighted by Gasteiger charge is -2.31. The molecule has 0 aliphatic heterocycles. The Morgan fingerprint density at radius 1 is 1.00 bits per heavy atom. The Morgan fingerprint density at radius 2 is 1.44 bits per heavy atom. The van der Waals surface area contributed by atoms with E-state index < -0.39 is 26.5 Å². The molecule has 0 aliphatic rings. The zero-order chi connectivity index (χ0) is 13.0. The fourth-order valence-corrected chi connectivity index (χ4v) is 3.42. The second-order valence-electron chi connectivity index (χ2n) is 4.16. The Kier molecular flexibility index (Phi) is 5.29. The average Bonchev–Trinajstić information content (AvgIpc) is 2.15. The number of sulfone groups is 1. The van der Waals surface area contributed by atoms with Crippen LogP contribution in [0.2, 0.25) is 0 Å². The van der Waals surface area contributed by atoms with E-state index in [0.717, 1.165) is 0 Å². The van der Waals surface area contributed by atoms with Gasteiger partial charge in [0.2, 0.25) is 9.84 Å². The minimum atomic E-state index is -5.13. The molecule has 0 spiro atoms. The van der Waals surface area contributed by atoms with E-state index in [4.69, 9.17) is 0 Å². The van der Waals surface area contributed by atoms with Crippen molar-refractivity contribution in [3.8, 4) is 0 Å². The fraction of sp³-hybridized carbons (Fsp3) is 1.00. The Bertz CT molecular complexity index is 303. The molecule has 0 atom stereocenters. The molecular formula is C10H19F3O2S. The van der Waals surface area contributed by atoms with Gasteiger partial charge in [0, 0.05) is 0 Å². The highest BCUT2D eigenvalue weighted by molar-refractivity contribution is 7.92. The van der Waals surface area contributed by atoms with Crippen molar-refractivity contribution in [2.45, 2.75) is 52.0 Å². The van der Waals surface area contributed by atoms with Gasteiger partial charge in [-0.1, -0.05) is 27.2 Å². The normalized spacial score (nSPS) is 14.1. The lowest BCUT2D eigenvalue weighted by molar-refractivity contribution is -0.0445. The summed E-state index contributed by atoms with van der Waals surface area (Å²) in [4.78, 5) is 0. The molecule has 0 saturated carbocycles. The Labute approximate surface area is 95.1 Å². The Hall–Kier alpha value is -0.260. The second-order valence-corrected chi connectivity index (χ2v) is 6.14. The van der Waals surface area contributed by atoms with Gasteiger partial charge in [-0.15, -0.1) is 0 Å². The smallest absolute Gasteiger partial charge is 0.220 e. The number of rotatable bonds is 6. The van der Waals surface area contributed by atoms with Crippen LogP contribution in [0.3, 0.4) is 0 Å². The van der Waals surface area contributed by atoms with Crippen molar-refractivity contribution < 1.29 is 21.6 Å². The van der Waals surface area contributed by atoms with Gasteiger partial charge in [-0.05, 0) is 24.7 Å². The summed E-state index contributed by atoms with van der Waals surface area (Å²) in [6.07, 6.45) is 2.10. The maximum Gasteiger partial charge on any atom is 0.497 e. The molecule has 2 nitrogen and oxygen atoms in total. The highest BCUT2D eigenvalue weighted by atomic mass is 32.2. The first-order chi connectivity index (χ1) is 7.14. The van der Waals surface area contributed by atoms with E-state index in [1.807, 2.05) is 6.92 Å². The maximum atomic E-state index is 12.3. The summed E-state index contributed by atoms with van der Waals surface area (Å²) in [5.74, 6) is -0.787. The standard InChI is InChI=1S/C10H19F3O2S/c1-4-7-9(5-2,6-3)8-16(14,15)10(11,12)13/h4-8H2,1-3H3. The fourth-order valence-electron chi connectivity index (χ4n) is 1.90. The zero-order valence-electron chi connectivity index (χ0n) is 9.89. The molecule has 0 saturated heterocycles. The molecular weight excluding hydrogens is 241 g/mol. The van der Waals surface area contributed by atoms with Crippen molar-refractivity contribution in [2.24, 2.45) is 5.41 Å². The summed E-state index contributed by atoms with van der Waals surface area (Å²) < 4.78 is 59.1.